The molecule has 0 bridgehead atoms. The molecule has 0 spiro atoms. The molecule has 1 saturated heterocycles. The Labute approximate surface area is 124 Å². The van der Waals surface area contributed by atoms with Crippen molar-refractivity contribution < 1.29 is 0 Å². The van der Waals surface area contributed by atoms with Crippen LogP contribution in [0.4, 0.5) is 0 Å². The second kappa shape index (κ2) is 6.30. The summed E-state index contributed by atoms with van der Waals surface area (Å²) in [6, 6.07) is 0. The zero-order valence-corrected chi connectivity index (χ0v) is 13.8. The van der Waals surface area contributed by atoms with E-state index in [4.69, 9.17) is 0 Å². The molecule has 3 nitrogen and oxygen atoms in total. The van der Waals surface area contributed by atoms with Crippen LogP contribution in [-0.4, -0.2) is 22.6 Å². The van der Waals surface area contributed by atoms with E-state index in [0.717, 1.165) is 19.6 Å². The number of nitrogens with one attached hydrogen (secondary N) is 1. The number of hydrogen-bond donors (Lipinski definition) is 1. The zero-order valence-electron chi connectivity index (χ0n) is 13.8. The molecule has 2 heterocycles. The van der Waals surface area contributed by atoms with Crippen LogP contribution < -0.4 is 5.32 Å². The Morgan fingerprint density at radius 2 is 1.80 bits per heavy atom. The lowest BCUT2D eigenvalue weighted by atomic mass is 9.78. The highest BCUT2D eigenvalue weighted by Gasteiger charge is 2.32. The second-order valence-corrected chi connectivity index (χ2v) is 7.39. The molecule has 1 aromatic rings. The third kappa shape index (κ3) is 3.25. The van der Waals surface area contributed by atoms with Crippen LogP contribution in [0.3, 0.4) is 0 Å². The predicted octanol–water partition coefficient (Wildman–Crippen LogP) is 3.45. The summed E-state index contributed by atoms with van der Waals surface area (Å²) in [6.07, 6.45) is 6.57. The van der Waals surface area contributed by atoms with Crippen molar-refractivity contribution >= 4 is 0 Å². The highest BCUT2D eigenvalue weighted by molar-refractivity contribution is 5.15. The Morgan fingerprint density at radius 1 is 1.20 bits per heavy atom. The molecule has 0 amide bonds. The Balaban J connectivity index is 2.19. The van der Waals surface area contributed by atoms with Crippen molar-refractivity contribution in [3.8, 4) is 0 Å². The third-order valence-electron chi connectivity index (χ3n) is 5.16. The molecule has 1 aliphatic heterocycles. The average molecular weight is 277 g/mol. The summed E-state index contributed by atoms with van der Waals surface area (Å²) >= 11 is 0. The van der Waals surface area contributed by atoms with Crippen LogP contribution in [0.25, 0.3) is 0 Å². The molecule has 0 saturated carbocycles. The van der Waals surface area contributed by atoms with Gasteiger partial charge in [-0.05, 0) is 43.7 Å². The molecule has 2 rings (SSSR count). The van der Waals surface area contributed by atoms with E-state index in [9.17, 15) is 0 Å². The van der Waals surface area contributed by atoms with Gasteiger partial charge in [0, 0.05) is 23.9 Å². The maximum Gasteiger partial charge on any atom is 0.0948 e. The predicted molar refractivity (Wildman–Crippen MR) is 84.8 cm³/mol. The first-order valence-electron chi connectivity index (χ1n) is 8.15. The number of piperidine rings is 1. The van der Waals surface area contributed by atoms with Crippen LogP contribution in [0.5, 0.6) is 0 Å². The molecular weight excluding hydrogens is 246 g/mol. The van der Waals surface area contributed by atoms with Crippen LogP contribution in [0.2, 0.25) is 0 Å². The van der Waals surface area contributed by atoms with Gasteiger partial charge in [0.05, 0.1) is 6.33 Å². The molecule has 0 aliphatic carbocycles. The van der Waals surface area contributed by atoms with Crippen molar-refractivity contribution in [3.05, 3.63) is 18.2 Å². The molecule has 3 heteroatoms. The summed E-state index contributed by atoms with van der Waals surface area (Å²) in [5.41, 5.74) is 1.73. The van der Waals surface area contributed by atoms with E-state index in [0.29, 0.717) is 23.2 Å². The number of hydrogen-bond acceptors (Lipinski definition) is 2. The van der Waals surface area contributed by atoms with Crippen LogP contribution >= 0.6 is 0 Å². The summed E-state index contributed by atoms with van der Waals surface area (Å²) in [6.45, 7) is 15.1. The van der Waals surface area contributed by atoms with E-state index in [1.54, 1.807) is 0 Å². The summed E-state index contributed by atoms with van der Waals surface area (Å²) in [5, 5.41) is 3.47. The van der Waals surface area contributed by atoms with Gasteiger partial charge in [-0.15, -0.1) is 0 Å². The highest BCUT2D eigenvalue weighted by atomic mass is 15.1. The molecule has 0 unspecified atom stereocenters. The van der Waals surface area contributed by atoms with Gasteiger partial charge in [-0.1, -0.05) is 34.6 Å². The Bertz CT molecular complexity index is 406. The quantitative estimate of drug-likeness (QED) is 0.893. The first-order chi connectivity index (χ1) is 9.44. The van der Waals surface area contributed by atoms with Gasteiger partial charge in [-0.2, -0.15) is 0 Å². The standard InChI is InChI=1S/C17H31N3/c1-13(2)15(14(3)4)11-20-12-19-10-16(20)17(5)6-8-18-9-7-17/h10,12-15,18H,6-9,11H2,1-5H3. The van der Waals surface area contributed by atoms with Gasteiger partial charge < -0.3 is 9.88 Å². The summed E-state index contributed by atoms with van der Waals surface area (Å²) < 4.78 is 2.43. The van der Waals surface area contributed by atoms with E-state index in [2.05, 4.69) is 55.7 Å². The zero-order chi connectivity index (χ0) is 14.8. The van der Waals surface area contributed by atoms with E-state index >= 15 is 0 Å². The Morgan fingerprint density at radius 3 is 2.35 bits per heavy atom. The normalized spacial score (nSPS) is 19.2. The van der Waals surface area contributed by atoms with Gasteiger partial charge in [-0.3, -0.25) is 0 Å². The molecule has 1 aromatic heterocycles. The monoisotopic (exact) mass is 277 g/mol. The minimum atomic E-state index is 0.292. The lowest BCUT2D eigenvalue weighted by molar-refractivity contribution is 0.238. The molecule has 0 radical (unpaired) electrons. The smallest absolute Gasteiger partial charge is 0.0948 e. The third-order valence-corrected chi connectivity index (χ3v) is 5.16. The van der Waals surface area contributed by atoms with Crippen LogP contribution in [0.15, 0.2) is 12.5 Å². The first-order valence-corrected chi connectivity index (χ1v) is 8.15. The Hall–Kier alpha value is -0.830. The van der Waals surface area contributed by atoms with E-state index in [1.165, 1.54) is 18.5 Å². The SMILES string of the molecule is CC(C)C(Cn1cncc1C1(C)CCNCC1)C(C)C. The van der Waals surface area contributed by atoms with Crippen LogP contribution in [0.1, 0.15) is 53.2 Å². The molecule has 114 valence electrons. The van der Waals surface area contributed by atoms with Gasteiger partial charge in [-0.25, -0.2) is 4.98 Å². The lowest BCUT2D eigenvalue weighted by Gasteiger charge is -2.36. The second-order valence-electron chi connectivity index (χ2n) is 7.39. The molecule has 0 aromatic carbocycles. The fourth-order valence-electron chi connectivity index (χ4n) is 3.62. The largest absolute Gasteiger partial charge is 0.334 e. The van der Waals surface area contributed by atoms with Crippen molar-refractivity contribution in [3.63, 3.8) is 0 Å². The van der Waals surface area contributed by atoms with Crippen molar-refractivity contribution in [1.29, 1.82) is 0 Å². The van der Waals surface area contributed by atoms with Crippen molar-refractivity contribution in [2.24, 2.45) is 17.8 Å². The van der Waals surface area contributed by atoms with Gasteiger partial charge in [0.1, 0.15) is 0 Å². The van der Waals surface area contributed by atoms with Crippen molar-refractivity contribution in [2.75, 3.05) is 13.1 Å². The number of rotatable bonds is 5. The van der Waals surface area contributed by atoms with Gasteiger partial charge in [0.25, 0.3) is 0 Å². The maximum atomic E-state index is 4.46. The number of aromatic nitrogens is 2. The molecule has 0 atom stereocenters. The lowest BCUT2D eigenvalue weighted by Crippen LogP contribution is -2.39. The first kappa shape index (κ1) is 15.6. The van der Waals surface area contributed by atoms with Crippen LogP contribution in [0, 0.1) is 17.8 Å². The topological polar surface area (TPSA) is 29.9 Å². The molecule has 20 heavy (non-hydrogen) atoms. The van der Waals surface area contributed by atoms with Gasteiger partial charge in [0.2, 0.25) is 0 Å². The molecular formula is C17H31N3. The van der Waals surface area contributed by atoms with Gasteiger partial charge in [0.15, 0.2) is 0 Å². The fraction of sp³-hybridized carbons (Fsp3) is 0.824. The fourth-order valence-corrected chi connectivity index (χ4v) is 3.62. The summed E-state index contributed by atoms with van der Waals surface area (Å²) in [5.74, 6) is 2.14. The average Bonchev–Trinajstić information content (AvgIpc) is 2.85. The number of imidazole rings is 1. The minimum Gasteiger partial charge on any atom is -0.334 e. The van der Waals surface area contributed by atoms with E-state index in [1.807, 2.05) is 6.33 Å². The van der Waals surface area contributed by atoms with Crippen molar-refractivity contribution in [2.45, 2.75) is 59.4 Å². The van der Waals surface area contributed by atoms with Crippen molar-refractivity contribution in [1.82, 2.24) is 14.9 Å². The summed E-state index contributed by atoms with van der Waals surface area (Å²) in [4.78, 5) is 4.46. The highest BCUT2D eigenvalue weighted by Crippen LogP contribution is 2.34. The van der Waals surface area contributed by atoms with Gasteiger partial charge >= 0.3 is 0 Å². The Kier molecular flexibility index (Phi) is 4.90. The number of nitrogens with zero attached hydrogens (tertiary/aromatic N) is 2. The molecule has 1 fully saturated rings. The van der Waals surface area contributed by atoms with Crippen LogP contribution in [-0.2, 0) is 12.0 Å². The molecule has 1 N–H and O–H groups in total. The van der Waals surface area contributed by atoms with E-state index in [-0.39, 0.29) is 0 Å². The summed E-state index contributed by atoms with van der Waals surface area (Å²) in [7, 11) is 0. The minimum absolute atomic E-state index is 0.292. The maximum absolute atomic E-state index is 4.46. The molecule has 1 aliphatic rings. The van der Waals surface area contributed by atoms with E-state index < -0.39 is 0 Å².